The van der Waals surface area contributed by atoms with Gasteiger partial charge in [-0.25, -0.2) is 0 Å². The number of carbonyl (C=O) groups excluding carboxylic acids is 1. The molecule has 1 amide bonds. The maximum absolute atomic E-state index is 12.4. The monoisotopic (exact) mass is 316 g/mol. The first-order valence-corrected chi connectivity index (χ1v) is 8.06. The van der Waals surface area contributed by atoms with Crippen molar-refractivity contribution in [2.75, 3.05) is 11.4 Å². The maximum atomic E-state index is 12.4. The average molecular weight is 316 g/mol. The van der Waals surface area contributed by atoms with E-state index in [1.807, 2.05) is 42.3 Å². The van der Waals surface area contributed by atoms with E-state index in [1.54, 1.807) is 16.2 Å². The summed E-state index contributed by atoms with van der Waals surface area (Å²) in [4.78, 5) is 17.2. The summed E-state index contributed by atoms with van der Waals surface area (Å²) in [6.07, 6.45) is 0. The zero-order valence-electron chi connectivity index (χ0n) is 12.0. The zero-order chi connectivity index (χ0) is 15.0. The van der Waals surface area contributed by atoms with Crippen molar-refractivity contribution in [3.63, 3.8) is 0 Å². The number of carbonyl (C=O) groups is 1. The van der Waals surface area contributed by atoms with Crippen molar-refractivity contribution in [3.8, 4) is 0 Å². The summed E-state index contributed by atoms with van der Waals surface area (Å²) in [5.41, 5.74) is 3.15. The van der Waals surface area contributed by atoms with E-state index < -0.39 is 0 Å². The van der Waals surface area contributed by atoms with Crippen LogP contribution in [0.15, 0.2) is 35.7 Å². The Kier molecular flexibility index (Phi) is 3.78. The van der Waals surface area contributed by atoms with Crippen LogP contribution >= 0.6 is 23.6 Å². The first-order valence-electron chi connectivity index (χ1n) is 6.78. The molecule has 5 heteroatoms. The Morgan fingerprint density at radius 2 is 2.10 bits per heavy atom. The molecule has 2 aromatic rings. The predicted molar refractivity (Wildman–Crippen MR) is 90.7 cm³/mol. The number of aryl methyl sites for hydroxylation is 2. The Labute approximate surface area is 133 Å². The van der Waals surface area contributed by atoms with Gasteiger partial charge in [-0.1, -0.05) is 23.8 Å². The van der Waals surface area contributed by atoms with E-state index >= 15 is 0 Å². The lowest BCUT2D eigenvalue weighted by Crippen LogP contribution is -2.32. The van der Waals surface area contributed by atoms with Crippen LogP contribution in [0.5, 0.6) is 0 Å². The normalized spacial score (nSPS) is 15.1. The number of anilines is 1. The van der Waals surface area contributed by atoms with Crippen LogP contribution in [0.4, 0.5) is 5.69 Å². The lowest BCUT2D eigenvalue weighted by atomic mass is 10.1. The van der Waals surface area contributed by atoms with Gasteiger partial charge < -0.3 is 4.90 Å². The van der Waals surface area contributed by atoms with Crippen LogP contribution in [0.1, 0.15) is 16.0 Å². The minimum Gasteiger partial charge on any atom is -0.334 e. The van der Waals surface area contributed by atoms with Crippen molar-refractivity contribution in [1.29, 1.82) is 0 Å². The first kappa shape index (κ1) is 14.2. The highest BCUT2D eigenvalue weighted by molar-refractivity contribution is 7.80. The van der Waals surface area contributed by atoms with Gasteiger partial charge in [-0.2, -0.15) is 0 Å². The highest BCUT2D eigenvalue weighted by atomic mass is 32.1. The number of amides is 1. The first-order chi connectivity index (χ1) is 10.1. The lowest BCUT2D eigenvalue weighted by Gasteiger charge is -2.21. The molecule has 0 atom stereocenters. The largest absolute Gasteiger partial charge is 0.334 e. The van der Waals surface area contributed by atoms with Crippen LogP contribution in [-0.4, -0.2) is 22.5 Å². The number of rotatable bonds is 3. The van der Waals surface area contributed by atoms with Crippen molar-refractivity contribution in [2.24, 2.45) is 0 Å². The molecule has 1 aliphatic heterocycles. The van der Waals surface area contributed by atoms with Gasteiger partial charge in [-0.15, -0.1) is 11.3 Å². The number of hydrogen-bond donors (Lipinski definition) is 0. The van der Waals surface area contributed by atoms with E-state index in [0.717, 1.165) is 11.3 Å². The van der Waals surface area contributed by atoms with Crippen LogP contribution in [0.3, 0.4) is 0 Å². The average Bonchev–Trinajstić information content (AvgIpc) is 3.02. The standard InChI is InChI=1S/C16H16N2OS2/c1-11-5-6-14(12(2)8-11)18-15(19)10-17(16(18)20)9-13-4-3-7-21-13/h3-8H,9-10H2,1-2H3. The summed E-state index contributed by atoms with van der Waals surface area (Å²) >= 11 is 7.21. The lowest BCUT2D eigenvalue weighted by molar-refractivity contribution is -0.116. The van der Waals surface area contributed by atoms with Gasteiger partial charge in [0.25, 0.3) is 5.91 Å². The Hall–Kier alpha value is -1.72. The third-order valence-corrected chi connectivity index (χ3v) is 4.86. The number of thiocarbonyl (C=S) groups is 1. The molecule has 0 bridgehead atoms. The highest BCUT2D eigenvalue weighted by Gasteiger charge is 2.34. The molecule has 3 nitrogen and oxygen atoms in total. The van der Waals surface area contributed by atoms with Gasteiger partial charge in [0.05, 0.1) is 12.2 Å². The molecule has 1 aromatic carbocycles. The van der Waals surface area contributed by atoms with Gasteiger partial charge in [0, 0.05) is 4.88 Å². The van der Waals surface area contributed by atoms with Gasteiger partial charge >= 0.3 is 0 Å². The summed E-state index contributed by atoms with van der Waals surface area (Å²) in [6, 6.07) is 10.1. The molecule has 0 saturated carbocycles. The van der Waals surface area contributed by atoms with Crippen molar-refractivity contribution in [2.45, 2.75) is 20.4 Å². The van der Waals surface area contributed by atoms with Crippen LogP contribution in [-0.2, 0) is 11.3 Å². The van der Waals surface area contributed by atoms with Gasteiger partial charge in [0.2, 0.25) is 0 Å². The van der Waals surface area contributed by atoms with Crippen LogP contribution in [0.2, 0.25) is 0 Å². The van der Waals surface area contributed by atoms with Crippen LogP contribution in [0, 0.1) is 13.8 Å². The molecule has 108 valence electrons. The smallest absolute Gasteiger partial charge is 0.252 e. The van der Waals surface area contributed by atoms with Crippen LogP contribution in [0.25, 0.3) is 0 Å². The van der Waals surface area contributed by atoms with Crippen molar-refractivity contribution < 1.29 is 4.79 Å². The second-order valence-corrected chi connectivity index (χ2v) is 6.63. The van der Waals surface area contributed by atoms with Crippen molar-refractivity contribution in [3.05, 3.63) is 51.7 Å². The SMILES string of the molecule is Cc1ccc(N2C(=O)CN(Cc3cccs3)C2=S)c(C)c1. The second kappa shape index (κ2) is 5.58. The van der Waals surface area contributed by atoms with Crippen molar-refractivity contribution >= 4 is 40.3 Å². The third kappa shape index (κ3) is 2.71. The quantitative estimate of drug-likeness (QED) is 0.810. The fourth-order valence-corrected chi connectivity index (χ4v) is 3.61. The third-order valence-electron chi connectivity index (χ3n) is 3.56. The van der Waals surface area contributed by atoms with Gasteiger partial charge in [-0.05, 0) is 49.1 Å². The van der Waals surface area contributed by atoms with E-state index in [9.17, 15) is 4.79 Å². The van der Waals surface area contributed by atoms with Crippen LogP contribution < -0.4 is 4.90 Å². The zero-order valence-corrected chi connectivity index (χ0v) is 13.6. The summed E-state index contributed by atoms with van der Waals surface area (Å²) in [7, 11) is 0. The molecule has 0 aliphatic carbocycles. The van der Waals surface area contributed by atoms with E-state index in [1.165, 1.54) is 10.4 Å². The molecule has 0 spiro atoms. The van der Waals surface area contributed by atoms with Crippen molar-refractivity contribution in [1.82, 2.24) is 4.90 Å². The number of nitrogens with zero attached hydrogens (tertiary/aromatic N) is 2. The number of thiophene rings is 1. The highest BCUT2D eigenvalue weighted by Crippen LogP contribution is 2.27. The summed E-state index contributed by atoms with van der Waals surface area (Å²) in [6.45, 7) is 5.11. The molecule has 2 heterocycles. The predicted octanol–water partition coefficient (Wildman–Crippen LogP) is 3.50. The maximum Gasteiger partial charge on any atom is 0.252 e. The molecule has 0 radical (unpaired) electrons. The molecule has 1 fully saturated rings. The Morgan fingerprint density at radius 1 is 1.29 bits per heavy atom. The number of hydrogen-bond acceptors (Lipinski definition) is 3. The van der Waals surface area contributed by atoms with Gasteiger partial charge in [-0.3, -0.25) is 9.69 Å². The van der Waals surface area contributed by atoms with Gasteiger partial charge in [0.1, 0.15) is 6.54 Å². The van der Waals surface area contributed by atoms with E-state index in [0.29, 0.717) is 18.2 Å². The molecular formula is C16H16N2OS2. The minimum absolute atomic E-state index is 0.0449. The Morgan fingerprint density at radius 3 is 2.76 bits per heavy atom. The Bertz CT molecular complexity index is 694. The van der Waals surface area contributed by atoms with E-state index in [2.05, 4.69) is 12.1 Å². The second-order valence-electron chi connectivity index (χ2n) is 5.24. The summed E-state index contributed by atoms with van der Waals surface area (Å²) in [5.74, 6) is 0.0449. The fourth-order valence-electron chi connectivity index (χ4n) is 2.56. The molecule has 1 aromatic heterocycles. The fraction of sp³-hybridized carbons (Fsp3) is 0.250. The summed E-state index contributed by atoms with van der Waals surface area (Å²) in [5, 5.41) is 2.64. The molecule has 3 rings (SSSR count). The van der Waals surface area contributed by atoms with E-state index in [-0.39, 0.29) is 5.91 Å². The molecule has 1 saturated heterocycles. The molecule has 21 heavy (non-hydrogen) atoms. The topological polar surface area (TPSA) is 23.6 Å². The molecular weight excluding hydrogens is 300 g/mol. The molecule has 0 unspecified atom stereocenters. The van der Waals surface area contributed by atoms with E-state index in [4.69, 9.17) is 12.2 Å². The Balaban J connectivity index is 1.86. The number of benzene rings is 1. The molecule has 0 N–H and O–H groups in total. The summed E-state index contributed by atoms with van der Waals surface area (Å²) < 4.78 is 0. The minimum atomic E-state index is 0.0449. The van der Waals surface area contributed by atoms with Gasteiger partial charge in [0.15, 0.2) is 5.11 Å². The molecule has 1 aliphatic rings.